The van der Waals surface area contributed by atoms with Crippen LogP contribution in [0.2, 0.25) is 0 Å². The summed E-state index contributed by atoms with van der Waals surface area (Å²) >= 11 is 3.38. The Morgan fingerprint density at radius 3 is 2.60 bits per heavy atom. The second-order valence-electron chi connectivity index (χ2n) is 4.69. The molecule has 1 aliphatic heterocycles. The van der Waals surface area contributed by atoms with Gasteiger partial charge in [-0.25, -0.2) is 0 Å². The van der Waals surface area contributed by atoms with Gasteiger partial charge in [-0.1, -0.05) is 28.1 Å². The van der Waals surface area contributed by atoms with Gasteiger partial charge in [-0.15, -0.1) is 0 Å². The van der Waals surface area contributed by atoms with Gasteiger partial charge in [-0.05, 0) is 41.5 Å². The standard InChI is InChI=1S/C15H10BrF3O/c16-12-3-1-2-9(7-12)14-8-10-6-11(15(17,18)19)4-5-13(10)20-14/h1-7,14H,8H2/t14-/m0/s1. The maximum Gasteiger partial charge on any atom is 0.416 e. The third-order valence-corrected chi connectivity index (χ3v) is 3.78. The molecule has 0 unspecified atom stereocenters. The summed E-state index contributed by atoms with van der Waals surface area (Å²) < 4.78 is 44.7. The van der Waals surface area contributed by atoms with Crippen molar-refractivity contribution < 1.29 is 17.9 Å². The number of alkyl halides is 3. The molecule has 0 saturated heterocycles. The molecule has 0 aliphatic carbocycles. The van der Waals surface area contributed by atoms with Crippen molar-refractivity contribution in [1.82, 2.24) is 0 Å². The van der Waals surface area contributed by atoms with Crippen LogP contribution >= 0.6 is 15.9 Å². The average molecular weight is 343 g/mol. The van der Waals surface area contributed by atoms with Crippen molar-refractivity contribution in [3.05, 3.63) is 63.6 Å². The fraction of sp³-hybridized carbons (Fsp3) is 0.200. The maximum absolute atomic E-state index is 12.7. The minimum absolute atomic E-state index is 0.231. The predicted molar refractivity (Wildman–Crippen MR) is 72.7 cm³/mol. The van der Waals surface area contributed by atoms with Crippen LogP contribution in [0.15, 0.2) is 46.9 Å². The molecular formula is C15H10BrF3O. The summed E-state index contributed by atoms with van der Waals surface area (Å²) in [6.07, 6.45) is -4.09. The van der Waals surface area contributed by atoms with Gasteiger partial charge in [0.1, 0.15) is 11.9 Å². The SMILES string of the molecule is FC(F)(F)c1ccc2c(c1)C[C@@H](c1cccc(Br)c1)O2. The van der Waals surface area contributed by atoms with Gasteiger partial charge in [-0.3, -0.25) is 0 Å². The van der Waals surface area contributed by atoms with Gasteiger partial charge in [-0.2, -0.15) is 13.2 Å². The first-order valence-electron chi connectivity index (χ1n) is 6.06. The first-order chi connectivity index (χ1) is 9.43. The van der Waals surface area contributed by atoms with Crippen molar-refractivity contribution in [3.8, 4) is 5.75 Å². The monoisotopic (exact) mass is 342 g/mol. The van der Waals surface area contributed by atoms with Crippen LogP contribution < -0.4 is 4.74 Å². The summed E-state index contributed by atoms with van der Waals surface area (Å²) in [7, 11) is 0. The van der Waals surface area contributed by atoms with E-state index in [1.165, 1.54) is 12.1 Å². The van der Waals surface area contributed by atoms with Crippen LogP contribution in [0.3, 0.4) is 0 Å². The lowest BCUT2D eigenvalue weighted by Gasteiger charge is -2.11. The number of halogens is 4. The number of hydrogen-bond donors (Lipinski definition) is 0. The quantitative estimate of drug-likeness (QED) is 0.696. The van der Waals surface area contributed by atoms with Crippen LogP contribution in [-0.4, -0.2) is 0 Å². The minimum Gasteiger partial charge on any atom is -0.485 e. The van der Waals surface area contributed by atoms with E-state index in [1.807, 2.05) is 24.3 Å². The summed E-state index contributed by atoms with van der Waals surface area (Å²) in [6, 6.07) is 11.2. The molecule has 3 rings (SSSR count). The molecule has 0 spiro atoms. The summed E-state index contributed by atoms with van der Waals surface area (Å²) in [4.78, 5) is 0. The molecule has 2 aromatic carbocycles. The number of benzene rings is 2. The summed E-state index contributed by atoms with van der Waals surface area (Å²) in [5.74, 6) is 0.531. The Hall–Kier alpha value is -1.49. The molecule has 20 heavy (non-hydrogen) atoms. The molecule has 0 amide bonds. The van der Waals surface area contributed by atoms with Crippen LogP contribution in [0.5, 0.6) is 5.75 Å². The van der Waals surface area contributed by atoms with Gasteiger partial charge in [0, 0.05) is 10.9 Å². The number of hydrogen-bond acceptors (Lipinski definition) is 1. The Morgan fingerprint density at radius 2 is 1.90 bits per heavy atom. The van der Waals surface area contributed by atoms with Crippen LogP contribution in [0, 0.1) is 0 Å². The number of fused-ring (bicyclic) bond motifs is 1. The molecule has 2 aromatic rings. The Bertz CT molecular complexity index is 652. The van der Waals surface area contributed by atoms with E-state index in [4.69, 9.17) is 4.74 Å². The average Bonchev–Trinajstić information content (AvgIpc) is 2.80. The number of rotatable bonds is 1. The Balaban J connectivity index is 1.89. The number of ether oxygens (including phenoxy) is 1. The van der Waals surface area contributed by atoms with E-state index in [0.29, 0.717) is 17.7 Å². The van der Waals surface area contributed by atoms with Crippen molar-refractivity contribution in [1.29, 1.82) is 0 Å². The van der Waals surface area contributed by atoms with E-state index in [0.717, 1.165) is 16.1 Å². The van der Waals surface area contributed by atoms with Crippen LogP contribution in [0.4, 0.5) is 13.2 Å². The van der Waals surface area contributed by atoms with E-state index in [9.17, 15) is 13.2 Å². The van der Waals surface area contributed by atoms with Gasteiger partial charge in [0.05, 0.1) is 5.56 Å². The molecule has 1 heterocycles. The first kappa shape index (κ1) is 13.5. The Kier molecular flexibility index (Phi) is 3.24. The summed E-state index contributed by atoms with van der Waals surface area (Å²) in [5.41, 5.74) is 0.920. The molecular weight excluding hydrogens is 333 g/mol. The van der Waals surface area contributed by atoms with E-state index < -0.39 is 11.7 Å². The van der Waals surface area contributed by atoms with Gasteiger partial charge in [0.15, 0.2) is 0 Å². The molecule has 1 nitrogen and oxygen atoms in total. The van der Waals surface area contributed by atoms with Crippen molar-refractivity contribution in [2.45, 2.75) is 18.7 Å². The van der Waals surface area contributed by atoms with Crippen molar-refractivity contribution in [2.75, 3.05) is 0 Å². The largest absolute Gasteiger partial charge is 0.485 e. The third-order valence-electron chi connectivity index (χ3n) is 3.28. The smallest absolute Gasteiger partial charge is 0.416 e. The predicted octanol–water partition coefficient (Wildman–Crippen LogP) is 5.14. The van der Waals surface area contributed by atoms with Crippen molar-refractivity contribution in [2.24, 2.45) is 0 Å². The lowest BCUT2D eigenvalue weighted by molar-refractivity contribution is -0.137. The molecule has 1 aliphatic rings. The van der Waals surface area contributed by atoms with E-state index >= 15 is 0 Å². The zero-order valence-corrected chi connectivity index (χ0v) is 11.8. The van der Waals surface area contributed by atoms with Crippen LogP contribution in [0.1, 0.15) is 22.8 Å². The lowest BCUT2D eigenvalue weighted by Crippen LogP contribution is -2.04. The Labute approximate surface area is 122 Å². The first-order valence-corrected chi connectivity index (χ1v) is 6.85. The summed E-state index contributed by atoms with van der Waals surface area (Å²) in [5, 5.41) is 0. The van der Waals surface area contributed by atoms with Crippen molar-refractivity contribution in [3.63, 3.8) is 0 Å². The second-order valence-corrected chi connectivity index (χ2v) is 5.60. The second kappa shape index (κ2) is 4.81. The minimum atomic E-state index is -4.32. The van der Waals surface area contributed by atoms with E-state index in [-0.39, 0.29) is 6.10 Å². The zero-order chi connectivity index (χ0) is 14.3. The normalized spacial score (nSPS) is 17.7. The van der Waals surface area contributed by atoms with Gasteiger partial charge in [0.25, 0.3) is 0 Å². The summed E-state index contributed by atoms with van der Waals surface area (Å²) in [6.45, 7) is 0. The zero-order valence-electron chi connectivity index (χ0n) is 10.2. The molecule has 0 fully saturated rings. The lowest BCUT2D eigenvalue weighted by atomic mass is 10.0. The fourth-order valence-corrected chi connectivity index (χ4v) is 2.73. The topological polar surface area (TPSA) is 9.23 Å². The van der Waals surface area contributed by atoms with Crippen molar-refractivity contribution >= 4 is 15.9 Å². The van der Waals surface area contributed by atoms with Gasteiger partial charge >= 0.3 is 6.18 Å². The molecule has 1 atom stereocenters. The molecule has 0 aromatic heterocycles. The molecule has 5 heteroatoms. The van der Waals surface area contributed by atoms with Crippen LogP contribution in [0.25, 0.3) is 0 Å². The van der Waals surface area contributed by atoms with Gasteiger partial charge in [0.2, 0.25) is 0 Å². The highest BCUT2D eigenvalue weighted by atomic mass is 79.9. The Morgan fingerprint density at radius 1 is 1.10 bits per heavy atom. The maximum atomic E-state index is 12.7. The highest BCUT2D eigenvalue weighted by Gasteiger charge is 2.33. The van der Waals surface area contributed by atoms with Crippen LogP contribution in [-0.2, 0) is 12.6 Å². The van der Waals surface area contributed by atoms with E-state index in [2.05, 4.69) is 15.9 Å². The molecule has 0 radical (unpaired) electrons. The molecule has 0 saturated carbocycles. The molecule has 104 valence electrons. The fourth-order valence-electron chi connectivity index (χ4n) is 2.32. The van der Waals surface area contributed by atoms with E-state index in [1.54, 1.807) is 0 Å². The molecule has 0 bridgehead atoms. The highest BCUT2D eigenvalue weighted by Crippen LogP contribution is 2.40. The van der Waals surface area contributed by atoms with Gasteiger partial charge < -0.3 is 4.74 Å². The third kappa shape index (κ3) is 2.54. The molecule has 0 N–H and O–H groups in total. The highest BCUT2D eigenvalue weighted by molar-refractivity contribution is 9.10.